The summed E-state index contributed by atoms with van der Waals surface area (Å²) < 4.78 is 20.5. The van der Waals surface area contributed by atoms with E-state index in [1.165, 1.54) is 11.8 Å². The fraction of sp³-hybridized carbons (Fsp3) is 0.818. The largest absolute Gasteiger partial charge is 0.464 e. The predicted octanol–water partition coefficient (Wildman–Crippen LogP) is 3.41. The Morgan fingerprint density at radius 1 is 0.697 bits per heavy atom. The topological polar surface area (TPSA) is 129 Å². The molecule has 2 amide bonds. The van der Waals surface area contributed by atoms with Crippen molar-refractivity contribution < 1.29 is 38.1 Å². The summed E-state index contributed by atoms with van der Waals surface area (Å²) >= 11 is 1.46. The predicted molar refractivity (Wildman–Crippen MR) is 126 cm³/mol. The fourth-order valence-electron chi connectivity index (χ4n) is 2.39. The van der Waals surface area contributed by atoms with Gasteiger partial charge in [-0.15, -0.1) is 0 Å². The van der Waals surface area contributed by atoms with Crippen molar-refractivity contribution in [2.24, 2.45) is 0 Å². The van der Waals surface area contributed by atoms with E-state index < -0.39 is 47.4 Å². The molecule has 0 rings (SSSR count). The van der Waals surface area contributed by atoms with Gasteiger partial charge < -0.3 is 29.6 Å². The van der Waals surface area contributed by atoms with E-state index in [2.05, 4.69) is 10.6 Å². The van der Waals surface area contributed by atoms with Crippen LogP contribution in [0.1, 0.15) is 68.2 Å². The number of hydrogen-bond donors (Lipinski definition) is 2. The molecule has 0 unspecified atom stereocenters. The van der Waals surface area contributed by atoms with Crippen LogP contribution in [-0.4, -0.2) is 72.1 Å². The van der Waals surface area contributed by atoms with E-state index in [1.807, 2.05) is 0 Å². The lowest BCUT2D eigenvalue weighted by Gasteiger charge is -2.23. The molecule has 192 valence electrons. The van der Waals surface area contributed by atoms with Crippen LogP contribution in [0.5, 0.6) is 0 Å². The molecule has 0 aromatic carbocycles. The van der Waals surface area contributed by atoms with Crippen LogP contribution in [0, 0.1) is 0 Å². The molecule has 0 fully saturated rings. The van der Waals surface area contributed by atoms with E-state index in [1.54, 1.807) is 55.4 Å². The number of alkyl carbamates (subject to hydrolysis) is 2. The molecule has 0 radical (unpaired) electrons. The minimum Gasteiger partial charge on any atom is -0.464 e. The number of ether oxygens (including phenoxy) is 4. The van der Waals surface area contributed by atoms with Gasteiger partial charge in [-0.1, -0.05) is 0 Å². The Morgan fingerprint density at radius 3 is 1.30 bits per heavy atom. The van der Waals surface area contributed by atoms with Crippen LogP contribution in [0.25, 0.3) is 0 Å². The van der Waals surface area contributed by atoms with E-state index in [-0.39, 0.29) is 13.2 Å². The summed E-state index contributed by atoms with van der Waals surface area (Å²) in [5.74, 6) is -0.0809. The number of hydrogen-bond acceptors (Lipinski definition) is 9. The van der Waals surface area contributed by atoms with Gasteiger partial charge in [-0.2, -0.15) is 11.8 Å². The Labute approximate surface area is 201 Å². The second kappa shape index (κ2) is 14.9. The van der Waals surface area contributed by atoms with Gasteiger partial charge in [0.1, 0.15) is 23.3 Å². The van der Waals surface area contributed by atoms with Crippen LogP contribution in [0.2, 0.25) is 0 Å². The summed E-state index contributed by atoms with van der Waals surface area (Å²) in [7, 11) is 0. The number of carbonyl (C=O) groups is 4. The highest BCUT2D eigenvalue weighted by Crippen LogP contribution is 2.13. The number of esters is 2. The fourth-order valence-corrected chi connectivity index (χ4v) is 3.40. The summed E-state index contributed by atoms with van der Waals surface area (Å²) in [6.07, 6.45) is -0.775. The summed E-state index contributed by atoms with van der Waals surface area (Å²) in [6.45, 7) is 14.1. The Morgan fingerprint density at radius 2 is 1.03 bits per heavy atom. The second-order valence-corrected chi connectivity index (χ2v) is 10.3. The molecule has 0 saturated carbocycles. The molecule has 11 heteroatoms. The average Bonchev–Trinajstić information content (AvgIpc) is 2.63. The van der Waals surface area contributed by atoms with Gasteiger partial charge in [0.05, 0.1) is 13.2 Å². The first kappa shape index (κ1) is 30.8. The zero-order valence-corrected chi connectivity index (χ0v) is 21.9. The van der Waals surface area contributed by atoms with Crippen molar-refractivity contribution in [2.75, 3.05) is 24.7 Å². The van der Waals surface area contributed by atoms with Gasteiger partial charge in [0, 0.05) is 0 Å². The second-order valence-electron chi connectivity index (χ2n) is 9.09. The van der Waals surface area contributed by atoms with Crippen molar-refractivity contribution in [3.05, 3.63) is 0 Å². The van der Waals surface area contributed by atoms with Crippen molar-refractivity contribution in [1.29, 1.82) is 0 Å². The van der Waals surface area contributed by atoms with Gasteiger partial charge in [0.15, 0.2) is 0 Å². The molecule has 0 heterocycles. The first-order valence-corrected chi connectivity index (χ1v) is 12.2. The Kier molecular flexibility index (Phi) is 13.9. The first-order valence-electron chi connectivity index (χ1n) is 11.1. The maximum Gasteiger partial charge on any atom is 0.408 e. The van der Waals surface area contributed by atoms with Gasteiger partial charge in [0.25, 0.3) is 0 Å². The van der Waals surface area contributed by atoms with Crippen molar-refractivity contribution in [3.8, 4) is 0 Å². The van der Waals surface area contributed by atoms with Crippen LogP contribution in [0.15, 0.2) is 0 Å². The molecule has 0 bridgehead atoms. The lowest BCUT2D eigenvalue weighted by atomic mass is 10.2. The molecule has 0 aliphatic heterocycles. The molecule has 10 nitrogen and oxygen atoms in total. The monoisotopic (exact) mass is 492 g/mol. The zero-order chi connectivity index (χ0) is 25.7. The number of rotatable bonds is 12. The standard InChI is InChI=1S/C22H40N2O8S/c1-9-29-17(25)15(23-19(27)31-21(3,4)5)11-13-33-14-12-16(18(26)30-10-2)24-20(28)32-22(6,7)8/h15-16H,9-14H2,1-8H3,(H,23,27)(H,24,28)/t15-,16+. The van der Waals surface area contributed by atoms with Crippen molar-refractivity contribution in [2.45, 2.75) is 91.5 Å². The van der Waals surface area contributed by atoms with Crippen molar-refractivity contribution in [1.82, 2.24) is 10.6 Å². The lowest BCUT2D eigenvalue weighted by molar-refractivity contribution is -0.146. The van der Waals surface area contributed by atoms with Gasteiger partial charge >= 0.3 is 24.1 Å². The van der Waals surface area contributed by atoms with Crippen molar-refractivity contribution >= 4 is 35.9 Å². The SMILES string of the molecule is CCOC(=O)[C@H](CCSCC[C@@H](NC(=O)OC(C)(C)C)C(=O)OCC)NC(=O)OC(C)(C)C. The molecular weight excluding hydrogens is 452 g/mol. The highest BCUT2D eigenvalue weighted by molar-refractivity contribution is 7.99. The Hall–Kier alpha value is -2.17. The molecule has 2 atom stereocenters. The smallest absolute Gasteiger partial charge is 0.408 e. The van der Waals surface area contributed by atoms with E-state index in [0.29, 0.717) is 24.3 Å². The number of amides is 2. The molecule has 0 aliphatic rings. The summed E-state index contributed by atoms with van der Waals surface area (Å²) in [4.78, 5) is 48.5. The molecular formula is C22H40N2O8S. The van der Waals surface area contributed by atoms with E-state index >= 15 is 0 Å². The van der Waals surface area contributed by atoms with Gasteiger partial charge in [-0.25, -0.2) is 19.2 Å². The molecule has 0 aromatic rings. The molecule has 2 N–H and O–H groups in total. The van der Waals surface area contributed by atoms with Crippen LogP contribution >= 0.6 is 11.8 Å². The maximum atomic E-state index is 12.2. The van der Waals surface area contributed by atoms with Crippen LogP contribution < -0.4 is 10.6 Å². The molecule has 0 aromatic heterocycles. The third-order valence-corrected chi connectivity index (χ3v) is 4.67. The highest BCUT2D eigenvalue weighted by atomic mass is 32.2. The van der Waals surface area contributed by atoms with Gasteiger partial charge in [0.2, 0.25) is 0 Å². The van der Waals surface area contributed by atoms with Crippen molar-refractivity contribution in [3.63, 3.8) is 0 Å². The normalized spacial score (nSPS) is 13.3. The molecule has 0 spiro atoms. The van der Waals surface area contributed by atoms with E-state index in [9.17, 15) is 19.2 Å². The van der Waals surface area contributed by atoms with E-state index in [4.69, 9.17) is 18.9 Å². The first-order chi connectivity index (χ1) is 15.2. The molecule has 0 aliphatic carbocycles. The van der Waals surface area contributed by atoms with Gasteiger partial charge in [-0.05, 0) is 79.7 Å². The minimum atomic E-state index is -0.854. The van der Waals surface area contributed by atoms with Crippen LogP contribution in [0.4, 0.5) is 9.59 Å². The Bertz CT molecular complexity index is 589. The maximum absolute atomic E-state index is 12.2. The van der Waals surface area contributed by atoms with Crippen LogP contribution in [-0.2, 0) is 28.5 Å². The van der Waals surface area contributed by atoms with E-state index in [0.717, 1.165) is 0 Å². The van der Waals surface area contributed by atoms with Crippen LogP contribution in [0.3, 0.4) is 0 Å². The summed E-state index contributed by atoms with van der Waals surface area (Å²) in [5.41, 5.74) is -1.39. The number of carbonyl (C=O) groups excluding carboxylic acids is 4. The Balaban J connectivity index is 4.76. The molecule has 0 saturated heterocycles. The third kappa shape index (κ3) is 16.1. The lowest BCUT2D eigenvalue weighted by Crippen LogP contribution is -2.45. The molecule has 33 heavy (non-hydrogen) atoms. The number of thioether (sulfide) groups is 1. The summed E-state index contributed by atoms with van der Waals surface area (Å²) in [6, 6.07) is -1.71. The van der Waals surface area contributed by atoms with Gasteiger partial charge in [-0.3, -0.25) is 0 Å². The number of nitrogens with one attached hydrogen (secondary N) is 2. The minimum absolute atomic E-state index is 0.191. The third-order valence-electron chi connectivity index (χ3n) is 3.63. The summed E-state index contributed by atoms with van der Waals surface area (Å²) in [5, 5.41) is 5.09. The quantitative estimate of drug-likeness (QED) is 0.239. The highest BCUT2D eigenvalue weighted by Gasteiger charge is 2.27. The average molecular weight is 493 g/mol. The zero-order valence-electron chi connectivity index (χ0n) is 21.1.